The number of fused-ring (bicyclic) bond motifs is 2. The van der Waals surface area contributed by atoms with Crippen LogP contribution in [0, 0.1) is 0 Å². The van der Waals surface area contributed by atoms with Gasteiger partial charge in [0.2, 0.25) is 0 Å². The minimum atomic E-state index is -0.146. The molecule has 2 aromatic heterocycles. The maximum Gasteiger partial charge on any atom is 0.266 e. The van der Waals surface area contributed by atoms with Gasteiger partial charge in [-0.2, -0.15) is 0 Å². The van der Waals surface area contributed by atoms with Gasteiger partial charge in [-0.25, -0.2) is 9.97 Å². The highest BCUT2D eigenvalue weighted by atomic mass is 79.9. The molecule has 0 saturated carbocycles. The first kappa shape index (κ1) is 21.0. The van der Waals surface area contributed by atoms with E-state index in [0.717, 1.165) is 36.9 Å². The molecule has 7 heteroatoms. The highest BCUT2D eigenvalue weighted by Gasteiger charge is 2.17. The number of nitrogens with one attached hydrogen (secondary N) is 1. The van der Waals surface area contributed by atoms with Gasteiger partial charge in [0.05, 0.1) is 27.6 Å². The molecule has 6 rings (SSSR count). The highest BCUT2D eigenvalue weighted by molar-refractivity contribution is 9.11. The van der Waals surface area contributed by atoms with E-state index < -0.39 is 0 Å². The topological polar surface area (TPSA) is 63.6 Å². The molecule has 0 fully saturated rings. The van der Waals surface area contributed by atoms with Crippen LogP contribution in [0.4, 0.5) is 0 Å². The number of nitrogens with zero attached hydrogens (tertiary/aromatic N) is 3. The predicted octanol–water partition coefficient (Wildman–Crippen LogP) is 7.12. The molecule has 2 heterocycles. The maximum atomic E-state index is 13.9. The van der Waals surface area contributed by atoms with E-state index in [1.54, 1.807) is 4.57 Å². The Hall–Kier alpha value is -3.55. The van der Waals surface area contributed by atoms with E-state index >= 15 is 0 Å². The average molecular weight is 572 g/mol. The van der Waals surface area contributed by atoms with Crippen molar-refractivity contribution in [2.24, 2.45) is 0 Å². The Balaban J connectivity index is 1.63. The van der Waals surface area contributed by atoms with Crippen LogP contribution in [0.5, 0.6) is 0 Å². The predicted molar refractivity (Wildman–Crippen MR) is 143 cm³/mol. The third-order valence-electron chi connectivity index (χ3n) is 5.69. The van der Waals surface area contributed by atoms with Crippen molar-refractivity contribution >= 4 is 53.8 Å². The van der Waals surface area contributed by atoms with Gasteiger partial charge < -0.3 is 4.98 Å². The minimum absolute atomic E-state index is 0.146. The molecular weight excluding hydrogens is 556 g/mol. The van der Waals surface area contributed by atoms with E-state index in [1.807, 2.05) is 91.0 Å². The average Bonchev–Trinajstić information content (AvgIpc) is 3.30. The number of halogens is 2. The number of para-hydroxylation sites is 2. The molecule has 0 atom stereocenters. The first-order valence-corrected chi connectivity index (χ1v) is 12.2. The zero-order chi connectivity index (χ0) is 23.2. The molecule has 5 nitrogen and oxygen atoms in total. The molecule has 0 saturated heterocycles. The summed E-state index contributed by atoms with van der Waals surface area (Å²) < 4.78 is 3.23. The Labute approximate surface area is 211 Å². The van der Waals surface area contributed by atoms with Gasteiger partial charge in [0.15, 0.2) is 0 Å². The smallest absolute Gasteiger partial charge is 0.266 e. The number of hydrogen-bond donors (Lipinski definition) is 1. The van der Waals surface area contributed by atoms with Crippen LogP contribution >= 0.6 is 31.9 Å². The molecule has 0 radical (unpaired) electrons. The lowest BCUT2D eigenvalue weighted by atomic mass is 10.1. The van der Waals surface area contributed by atoms with Crippen molar-refractivity contribution in [2.75, 3.05) is 0 Å². The molecule has 6 aromatic rings. The lowest BCUT2D eigenvalue weighted by molar-refractivity contribution is 0.975. The van der Waals surface area contributed by atoms with Gasteiger partial charge in [0, 0.05) is 20.1 Å². The summed E-state index contributed by atoms with van der Waals surface area (Å²) in [4.78, 5) is 26.9. The van der Waals surface area contributed by atoms with E-state index in [1.165, 1.54) is 0 Å². The lowest BCUT2D eigenvalue weighted by Crippen LogP contribution is -2.22. The molecule has 0 aliphatic rings. The van der Waals surface area contributed by atoms with Gasteiger partial charge in [-0.1, -0.05) is 70.5 Å². The highest BCUT2D eigenvalue weighted by Crippen LogP contribution is 2.30. The van der Waals surface area contributed by atoms with Gasteiger partial charge in [-0.3, -0.25) is 9.36 Å². The first-order valence-electron chi connectivity index (χ1n) is 10.6. The van der Waals surface area contributed by atoms with Gasteiger partial charge in [-0.15, -0.1) is 0 Å². The second-order valence-electron chi connectivity index (χ2n) is 7.88. The molecule has 34 heavy (non-hydrogen) atoms. The number of hydrogen-bond acceptors (Lipinski definition) is 3. The lowest BCUT2D eigenvalue weighted by Gasteiger charge is -2.15. The van der Waals surface area contributed by atoms with Crippen LogP contribution in [0.15, 0.2) is 105 Å². The SMILES string of the molecule is O=c1c2cc(Br)cc(Br)c2nc(-c2ccccc2)n1-c1cccc(-c2nc3ccccc3[nH]2)c1. The summed E-state index contributed by atoms with van der Waals surface area (Å²) in [5, 5.41) is 0.523. The van der Waals surface area contributed by atoms with Crippen molar-refractivity contribution in [2.45, 2.75) is 0 Å². The van der Waals surface area contributed by atoms with Gasteiger partial charge in [-0.05, 0) is 52.3 Å². The number of aromatic nitrogens is 4. The third-order valence-corrected chi connectivity index (χ3v) is 6.75. The van der Waals surface area contributed by atoms with Crippen LogP contribution in [0.25, 0.3) is 50.4 Å². The standard InChI is InChI=1S/C27H16Br2N4O/c28-18-14-20-24(21(29)15-18)32-26(16-7-2-1-3-8-16)33(27(20)34)19-10-6-9-17(13-19)25-30-22-11-4-5-12-23(22)31-25/h1-15H,(H,30,31). The van der Waals surface area contributed by atoms with Gasteiger partial charge in [0.25, 0.3) is 5.56 Å². The van der Waals surface area contributed by atoms with Crippen LogP contribution in [0.3, 0.4) is 0 Å². The minimum Gasteiger partial charge on any atom is -0.338 e. The van der Waals surface area contributed by atoms with Gasteiger partial charge in [0.1, 0.15) is 11.6 Å². The largest absolute Gasteiger partial charge is 0.338 e. The fraction of sp³-hybridized carbons (Fsp3) is 0. The third kappa shape index (κ3) is 3.57. The molecule has 0 amide bonds. The Morgan fingerprint density at radius 3 is 2.35 bits per heavy atom. The summed E-state index contributed by atoms with van der Waals surface area (Å²) in [7, 11) is 0. The van der Waals surface area contributed by atoms with E-state index in [2.05, 4.69) is 36.8 Å². The molecule has 0 spiro atoms. The molecule has 1 N–H and O–H groups in total. The summed E-state index contributed by atoms with van der Waals surface area (Å²) in [6, 6.07) is 29.2. The van der Waals surface area contributed by atoms with Crippen molar-refractivity contribution in [3.8, 4) is 28.5 Å². The molecular formula is C27H16Br2N4O. The number of aromatic amines is 1. The molecule has 4 aromatic carbocycles. The Kier molecular flexibility index (Phi) is 5.16. The van der Waals surface area contributed by atoms with Crippen molar-refractivity contribution < 1.29 is 0 Å². The summed E-state index contributed by atoms with van der Waals surface area (Å²) in [5.74, 6) is 1.32. The second-order valence-corrected chi connectivity index (χ2v) is 9.65. The number of rotatable bonds is 3. The monoisotopic (exact) mass is 570 g/mol. The number of imidazole rings is 1. The van der Waals surface area contributed by atoms with E-state index in [0.29, 0.717) is 22.4 Å². The van der Waals surface area contributed by atoms with E-state index in [-0.39, 0.29) is 5.56 Å². The zero-order valence-electron chi connectivity index (χ0n) is 17.7. The maximum absolute atomic E-state index is 13.9. The van der Waals surface area contributed by atoms with Crippen molar-refractivity contribution in [1.82, 2.24) is 19.5 Å². The Morgan fingerprint density at radius 1 is 0.765 bits per heavy atom. The fourth-order valence-corrected chi connectivity index (χ4v) is 5.43. The number of benzene rings is 4. The quantitative estimate of drug-likeness (QED) is 0.246. The van der Waals surface area contributed by atoms with Crippen LogP contribution in [-0.2, 0) is 0 Å². The van der Waals surface area contributed by atoms with E-state index in [4.69, 9.17) is 9.97 Å². The molecule has 0 unspecified atom stereocenters. The Bertz CT molecular complexity index is 1720. The zero-order valence-corrected chi connectivity index (χ0v) is 20.8. The molecule has 0 aliphatic carbocycles. The van der Waals surface area contributed by atoms with Crippen LogP contribution in [0.2, 0.25) is 0 Å². The van der Waals surface area contributed by atoms with Crippen LogP contribution in [0.1, 0.15) is 0 Å². The van der Waals surface area contributed by atoms with Crippen molar-refractivity contribution in [3.05, 3.63) is 110 Å². The summed E-state index contributed by atoms with van der Waals surface area (Å²) in [6.07, 6.45) is 0. The van der Waals surface area contributed by atoms with Crippen molar-refractivity contribution in [3.63, 3.8) is 0 Å². The second kappa shape index (κ2) is 8.34. The van der Waals surface area contributed by atoms with Crippen LogP contribution in [-0.4, -0.2) is 19.5 Å². The first-order chi connectivity index (χ1) is 16.6. The summed E-state index contributed by atoms with van der Waals surface area (Å²) in [5.41, 5.74) is 4.79. The Morgan fingerprint density at radius 2 is 1.53 bits per heavy atom. The van der Waals surface area contributed by atoms with Gasteiger partial charge >= 0.3 is 0 Å². The molecule has 0 aliphatic heterocycles. The summed E-state index contributed by atoms with van der Waals surface area (Å²) in [6.45, 7) is 0. The normalized spacial score (nSPS) is 11.4. The van der Waals surface area contributed by atoms with Crippen molar-refractivity contribution in [1.29, 1.82) is 0 Å². The van der Waals surface area contributed by atoms with Crippen LogP contribution < -0.4 is 5.56 Å². The molecule has 164 valence electrons. The molecule has 0 bridgehead atoms. The fourth-order valence-electron chi connectivity index (χ4n) is 4.12. The summed E-state index contributed by atoms with van der Waals surface area (Å²) >= 11 is 7.08. The van der Waals surface area contributed by atoms with E-state index in [9.17, 15) is 4.79 Å². The number of H-pyrrole nitrogens is 1.